The molecule has 5 nitrogen and oxygen atoms in total. The Hall–Kier alpha value is -1.52. The van der Waals surface area contributed by atoms with Crippen molar-refractivity contribution in [2.24, 2.45) is 5.92 Å². The van der Waals surface area contributed by atoms with E-state index < -0.39 is 12.0 Å². The maximum atomic E-state index is 12.1. The van der Waals surface area contributed by atoms with Crippen LogP contribution >= 0.6 is 0 Å². The quantitative estimate of drug-likeness (QED) is 0.661. The van der Waals surface area contributed by atoms with E-state index in [1.54, 1.807) is 18.4 Å². The molecule has 0 aliphatic carbocycles. The van der Waals surface area contributed by atoms with Crippen molar-refractivity contribution in [1.82, 2.24) is 4.57 Å². The second-order valence-electron chi connectivity index (χ2n) is 5.38. The van der Waals surface area contributed by atoms with Crippen molar-refractivity contribution in [3.63, 3.8) is 0 Å². The molecule has 1 atom stereocenters. The van der Waals surface area contributed by atoms with Gasteiger partial charge in [-0.1, -0.05) is 27.7 Å². The largest absolute Gasteiger partial charge is 0.711 e. The molecule has 1 aromatic heterocycles. The Bertz CT molecular complexity index is 461. The Morgan fingerprint density at radius 3 is 2.11 bits per heavy atom. The number of aliphatic carboxylic acids is 1. The lowest BCUT2D eigenvalue weighted by Gasteiger charge is -2.18. The fourth-order valence-electron chi connectivity index (χ4n) is 2.32. The molecule has 0 fully saturated rings. The van der Waals surface area contributed by atoms with Crippen LogP contribution in [-0.4, -0.2) is 15.6 Å². The van der Waals surface area contributed by atoms with E-state index >= 15 is 0 Å². The molecule has 0 aliphatic rings. The zero-order valence-electron chi connectivity index (χ0n) is 11.9. The predicted molar refractivity (Wildman–Crippen MR) is 68.5 cm³/mol. The Morgan fingerprint density at radius 1 is 1.28 bits per heavy atom. The number of rotatable bonds is 4. The van der Waals surface area contributed by atoms with Gasteiger partial charge in [-0.15, -0.1) is 0 Å². The van der Waals surface area contributed by atoms with Crippen molar-refractivity contribution >= 4 is 5.97 Å². The van der Waals surface area contributed by atoms with Crippen LogP contribution in [0.25, 0.3) is 0 Å². The molecule has 1 heterocycles. The third-order valence-electron chi connectivity index (χ3n) is 3.32. The zero-order valence-corrected chi connectivity index (χ0v) is 11.9. The predicted octanol–water partition coefficient (Wildman–Crippen LogP) is 2.14. The maximum absolute atomic E-state index is 12.1. The van der Waals surface area contributed by atoms with Gasteiger partial charge < -0.3 is 10.3 Å². The number of imidazole rings is 1. The van der Waals surface area contributed by atoms with Gasteiger partial charge in [0.1, 0.15) is 11.4 Å². The van der Waals surface area contributed by atoms with Crippen molar-refractivity contribution in [2.45, 2.75) is 53.5 Å². The second-order valence-corrected chi connectivity index (χ2v) is 5.38. The summed E-state index contributed by atoms with van der Waals surface area (Å²) in [6.45, 7) is 11.0. The van der Waals surface area contributed by atoms with E-state index in [2.05, 4.69) is 0 Å². The molecule has 5 heteroatoms. The SMILES string of the molecule is Cc1c(C)[n+]([O-])c(C(C)C)n1[C@H](C(=O)O)C(C)C. The van der Waals surface area contributed by atoms with Gasteiger partial charge in [-0.3, -0.25) is 0 Å². The molecule has 1 N–H and O–H groups in total. The molecule has 0 spiro atoms. The molecule has 1 aromatic rings. The molecule has 0 saturated carbocycles. The molecule has 0 bridgehead atoms. The lowest BCUT2D eigenvalue weighted by molar-refractivity contribution is -0.621. The van der Waals surface area contributed by atoms with E-state index in [4.69, 9.17) is 0 Å². The first-order valence-electron chi connectivity index (χ1n) is 6.23. The molecule has 0 aliphatic heterocycles. The Balaban J connectivity index is 3.56. The summed E-state index contributed by atoms with van der Waals surface area (Å²) in [5, 5.41) is 21.5. The third-order valence-corrected chi connectivity index (χ3v) is 3.32. The summed E-state index contributed by atoms with van der Waals surface area (Å²) in [5.74, 6) is -0.474. The summed E-state index contributed by atoms with van der Waals surface area (Å²) in [6.07, 6.45) is 0. The fraction of sp³-hybridized carbons (Fsp3) is 0.692. The lowest BCUT2D eigenvalue weighted by Crippen LogP contribution is -2.36. The molecule has 0 amide bonds. The molecule has 0 saturated heterocycles. The number of aromatic nitrogens is 2. The number of carboxylic acids is 1. The Labute approximate surface area is 108 Å². The number of carbonyl (C=O) groups is 1. The monoisotopic (exact) mass is 254 g/mol. The zero-order chi connectivity index (χ0) is 14.2. The highest BCUT2D eigenvalue weighted by Crippen LogP contribution is 2.26. The van der Waals surface area contributed by atoms with Crippen molar-refractivity contribution in [1.29, 1.82) is 0 Å². The fourth-order valence-corrected chi connectivity index (χ4v) is 2.32. The van der Waals surface area contributed by atoms with Gasteiger partial charge in [0.25, 0.3) is 5.82 Å². The number of carboxylic acid groups (broad SMARTS) is 1. The van der Waals surface area contributed by atoms with E-state index in [-0.39, 0.29) is 11.8 Å². The molecule has 0 unspecified atom stereocenters. The van der Waals surface area contributed by atoms with Gasteiger partial charge in [0.2, 0.25) is 0 Å². The van der Waals surface area contributed by atoms with Crippen LogP contribution in [0.3, 0.4) is 0 Å². The average molecular weight is 254 g/mol. The smallest absolute Gasteiger partial charge is 0.349 e. The second kappa shape index (κ2) is 5.00. The first-order valence-corrected chi connectivity index (χ1v) is 6.23. The minimum absolute atomic E-state index is 0.0181. The Kier molecular flexibility index (Phi) is 4.04. The summed E-state index contributed by atoms with van der Waals surface area (Å²) >= 11 is 0. The highest BCUT2D eigenvalue weighted by atomic mass is 16.5. The number of hydrogen-bond donors (Lipinski definition) is 1. The van der Waals surface area contributed by atoms with Gasteiger partial charge in [-0.05, 0) is 0 Å². The van der Waals surface area contributed by atoms with Crippen LogP contribution in [0.15, 0.2) is 0 Å². The first kappa shape index (κ1) is 14.5. The third kappa shape index (κ3) is 2.21. The van der Waals surface area contributed by atoms with Crippen LogP contribution in [0.2, 0.25) is 0 Å². The normalized spacial score (nSPS) is 13.3. The van der Waals surface area contributed by atoms with Crippen LogP contribution in [0.4, 0.5) is 0 Å². The number of hydrogen-bond acceptors (Lipinski definition) is 2. The summed E-state index contributed by atoms with van der Waals surface area (Å²) in [7, 11) is 0. The van der Waals surface area contributed by atoms with Crippen molar-refractivity contribution in [2.75, 3.05) is 0 Å². The van der Waals surface area contributed by atoms with Gasteiger partial charge in [-0.25, -0.2) is 14.1 Å². The van der Waals surface area contributed by atoms with Crippen molar-refractivity contribution < 1.29 is 14.6 Å². The average Bonchev–Trinajstić information content (AvgIpc) is 2.43. The molecule has 1 rings (SSSR count). The van der Waals surface area contributed by atoms with Gasteiger partial charge in [0.15, 0.2) is 6.04 Å². The van der Waals surface area contributed by atoms with E-state index in [0.29, 0.717) is 11.5 Å². The molecule has 0 radical (unpaired) electrons. The van der Waals surface area contributed by atoms with Crippen LogP contribution in [0.5, 0.6) is 0 Å². The maximum Gasteiger partial charge on any atom is 0.349 e. The molecular formula is C13H22N2O3. The minimum atomic E-state index is -0.898. The Morgan fingerprint density at radius 2 is 1.78 bits per heavy atom. The molecular weight excluding hydrogens is 232 g/mol. The molecule has 102 valence electrons. The van der Waals surface area contributed by atoms with Gasteiger partial charge >= 0.3 is 5.97 Å². The van der Waals surface area contributed by atoms with Crippen molar-refractivity contribution in [3.05, 3.63) is 22.4 Å². The standard InChI is InChI=1S/C13H22N2O3/c1-7(2)11(13(16)17)14-9(5)10(6)15(18)12(14)8(3)4/h7-8,11H,1-6H3,(H,16,17)/t11-/m0/s1. The van der Waals surface area contributed by atoms with Crippen LogP contribution < -0.4 is 4.73 Å². The van der Waals surface area contributed by atoms with Gasteiger partial charge in [0.05, 0.1) is 5.92 Å². The highest BCUT2D eigenvalue weighted by molar-refractivity contribution is 5.72. The summed E-state index contributed by atoms with van der Waals surface area (Å²) in [6, 6.07) is -0.698. The van der Waals surface area contributed by atoms with E-state index in [0.717, 1.165) is 10.4 Å². The summed E-state index contributed by atoms with van der Waals surface area (Å²) in [5.41, 5.74) is 1.31. The van der Waals surface area contributed by atoms with Crippen molar-refractivity contribution in [3.8, 4) is 0 Å². The lowest BCUT2D eigenvalue weighted by atomic mass is 10.0. The highest BCUT2D eigenvalue weighted by Gasteiger charge is 2.36. The molecule has 18 heavy (non-hydrogen) atoms. The van der Waals surface area contributed by atoms with Crippen LogP contribution in [0, 0.1) is 25.0 Å². The summed E-state index contributed by atoms with van der Waals surface area (Å²) < 4.78 is 2.54. The van der Waals surface area contributed by atoms with Gasteiger partial charge in [0, 0.05) is 19.8 Å². The van der Waals surface area contributed by atoms with Gasteiger partial charge in [-0.2, -0.15) is 0 Å². The van der Waals surface area contributed by atoms with E-state index in [1.807, 2.05) is 27.7 Å². The first-order chi connectivity index (χ1) is 8.20. The molecule has 0 aromatic carbocycles. The van der Waals surface area contributed by atoms with Crippen LogP contribution in [0.1, 0.15) is 56.9 Å². The van der Waals surface area contributed by atoms with E-state index in [1.165, 1.54) is 0 Å². The topological polar surface area (TPSA) is 69.2 Å². The van der Waals surface area contributed by atoms with E-state index in [9.17, 15) is 15.1 Å². The minimum Gasteiger partial charge on any atom is -0.711 e. The summed E-state index contributed by atoms with van der Waals surface area (Å²) in [4.78, 5) is 11.5. The van der Waals surface area contributed by atoms with Crippen LogP contribution in [-0.2, 0) is 4.79 Å². The number of nitrogens with zero attached hydrogens (tertiary/aromatic N) is 2.